The van der Waals surface area contributed by atoms with Crippen LogP contribution in [0.2, 0.25) is 5.02 Å². The lowest BCUT2D eigenvalue weighted by atomic mass is 9.97. The van der Waals surface area contributed by atoms with Crippen molar-refractivity contribution >= 4 is 28.7 Å². The Bertz CT molecular complexity index is 1490. The maximum Gasteiger partial charge on any atom is 0.573 e. The Hall–Kier alpha value is -3.38. The van der Waals surface area contributed by atoms with Crippen LogP contribution in [-0.4, -0.2) is 68.4 Å². The zero-order valence-electron chi connectivity index (χ0n) is 21.2. The Labute approximate surface area is 226 Å². The molecule has 2 aliphatic rings. The highest BCUT2D eigenvalue weighted by molar-refractivity contribution is 6.31. The average Bonchev–Trinajstić information content (AvgIpc) is 2.92. The molecule has 5 rings (SSSR count). The summed E-state index contributed by atoms with van der Waals surface area (Å²) in [4.78, 5) is 46.8. The molecule has 0 radical (unpaired) electrons. The number of pyridine rings is 1. The predicted molar refractivity (Wildman–Crippen MR) is 138 cm³/mol. The van der Waals surface area contributed by atoms with E-state index in [1.54, 1.807) is 11.0 Å². The largest absolute Gasteiger partial charge is 0.573 e. The zero-order valence-corrected chi connectivity index (χ0v) is 21.9. The van der Waals surface area contributed by atoms with Gasteiger partial charge in [0.1, 0.15) is 5.75 Å². The SMILES string of the molecule is Cn1c(=O)c(=O)n(C2CCN(C3CCN(C(=O)c4ccc(OC(F)(F)F)cc4)CC3)CC2)c2ncc(Cl)cc21. The van der Waals surface area contributed by atoms with Crippen molar-refractivity contribution in [1.29, 1.82) is 0 Å². The van der Waals surface area contributed by atoms with E-state index in [1.807, 2.05) is 0 Å². The number of hydrogen-bond donors (Lipinski definition) is 0. The highest BCUT2D eigenvalue weighted by Gasteiger charge is 2.33. The molecule has 3 aromatic rings. The lowest BCUT2D eigenvalue weighted by molar-refractivity contribution is -0.274. The number of hydrogen-bond acceptors (Lipinski definition) is 6. The molecule has 39 heavy (non-hydrogen) atoms. The smallest absolute Gasteiger partial charge is 0.406 e. The minimum absolute atomic E-state index is 0.162. The first-order chi connectivity index (χ1) is 18.5. The first-order valence-corrected chi connectivity index (χ1v) is 13.1. The van der Waals surface area contributed by atoms with Crippen molar-refractivity contribution in [2.24, 2.45) is 7.05 Å². The van der Waals surface area contributed by atoms with Crippen molar-refractivity contribution in [2.75, 3.05) is 26.2 Å². The third-order valence-electron chi connectivity index (χ3n) is 7.58. The van der Waals surface area contributed by atoms with Gasteiger partial charge in [-0.1, -0.05) is 11.6 Å². The van der Waals surface area contributed by atoms with E-state index in [-0.39, 0.29) is 23.7 Å². The van der Waals surface area contributed by atoms with Crippen molar-refractivity contribution in [3.05, 3.63) is 67.8 Å². The Morgan fingerprint density at radius 3 is 2.21 bits per heavy atom. The highest BCUT2D eigenvalue weighted by Crippen LogP contribution is 2.29. The minimum atomic E-state index is -4.78. The molecular formula is C26H27ClF3N5O4. The number of likely N-dealkylation sites (tertiary alicyclic amines) is 2. The van der Waals surface area contributed by atoms with Gasteiger partial charge in [-0.05, 0) is 56.0 Å². The second kappa shape index (κ2) is 10.6. The maximum atomic E-state index is 12.9. The number of benzene rings is 1. The Morgan fingerprint density at radius 2 is 1.59 bits per heavy atom. The summed E-state index contributed by atoms with van der Waals surface area (Å²) in [7, 11) is 1.53. The fourth-order valence-corrected chi connectivity index (χ4v) is 5.72. The van der Waals surface area contributed by atoms with Crippen LogP contribution in [0.4, 0.5) is 13.2 Å². The van der Waals surface area contributed by atoms with Gasteiger partial charge in [-0.25, -0.2) is 4.98 Å². The molecule has 13 heteroatoms. The molecule has 2 fully saturated rings. The first-order valence-electron chi connectivity index (χ1n) is 12.7. The standard InChI is InChI=1S/C26H27ClF3N5O4/c1-32-21-14-17(27)15-31-22(21)35(25(38)24(32)37)19-8-10-33(11-9-19)18-6-12-34(13-7-18)23(36)16-2-4-20(5-3-16)39-26(28,29)30/h2-5,14-15,18-19H,6-13H2,1H3. The lowest BCUT2D eigenvalue weighted by Gasteiger charge is -2.42. The van der Waals surface area contributed by atoms with Crippen LogP contribution < -0.4 is 15.9 Å². The van der Waals surface area contributed by atoms with Crippen molar-refractivity contribution < 1.29 is 22.7 Å². The van der Waals surface area contributed by atoms with Crippen molar-refractivity contribution in [3.8, 4) is 5.75 Å². The molecule has 208 valence electrons. The van der Waals surface area contributed by atoms with E-state index in [1.165, 1.54) is 34.5 Å². The fraction of sp³-hybridized carbons (Fsp3) is 0.462. The number of fused-ring (bicyclic) bond motifs is 1. The maximum absolute atomic E-state index is 12.9. The van der Waals surface area contributed by atoms with Crippen LogP contribution in [0, 0.1) is 0 Å². The molecule has 2 aromatic heterocycles. The molecule has 0 saturated carbocycles. The minimum Gasteiger partial charge on any atom is -0.406 e. The molecule has 0 bridgehead atoms. The van der Waals surface area contributed by atoms with Gasteiger partial charge in [0.2, 0.25) is 0 Å². The number of piperidine rings is 2. The molecule has 1 aromatic carbocycles. The monoisotopic (exact) mass is 565 g/mol. The van der Waals surface area contributed by atoms with Crippen LogP contribution in [0.15, 0.2) is 46.1 Å². The number of halogens is 4. The van der Waals surface area contributed by atoms with Gasteiger partial charge in [-0.2, -0.15) is 0 Å². The quantitative estimate of drug-likeness (QED) is 0.449. The van der Waals surface area contributed by atoms with E-state index in [2.05, 4.69) is 14.6 Å². The van der Waals surface area contributed by atoms with E-state index < -0.39 is 17.5 Å². The highest BCUT2D eigenvalue weighted by atomic mass is 35.5. The van der Waals surface area contributed by atoms with Crippen LogP contribution in [0.25, 0.3) is 11.2 Å². The van der Waals surface area contributed by atoms with E-state index >= 15 is 0 Å². The van der Waals surface area contributed by atoms with E-state index in [9.17, 15) is 27.6 Å². The van der Waals surface area contributed by atoms with Crippen molar-refractivity contribution in [1.82, 2.24) is 23.9 Å². The van der Waals surface area contributed by atoms with Gasteiger partial charge in [0.25, 0.3) is 5.91 Å². The van der Waals surface area contributed by atoms with Gasteiger partial charge in [-0.3, -0.25) is 19.0 Å². The summed E-state index contributed by atoms with van der Waals surface area (Å²) < 4.78 is 43.8. The van der Waals surface area contributed by atoms with Gasteiger partial charge in [0.05, 0.1) is 10.5 Å². The van der Waals surface area contributed by atoms with Crippen molar-refractivity contribution in [3.63, 3.8) is 0 Å². The summed E-state index contributed by atoms with van der Waals surface area (Å²) in [5.41, 5.74) is 0.0471. The van der Waals surface area contributed by atoms with Crippen LogP contribution >= 0.6 is 11.6 Å². The number of nitrogens with zero attached hydrogens (tertiary/aromatic N) is 5. The van der Waals surface area contributed by atoms with Gasteiger partial charge in [-0.15, -0.1) is 13.2 Å². The van der Waals surface area contributed by atoms with Gasteiger partial charge < -0.3 is 19.1 Å². The predicted octanol–water partition coefficient (Wildman–Crippen LogP) is 3.59. The molecule has 0 atom stereocenters. The molecule has 1 amide bonds. The molecular weight excluding hydrogens is 539 g/mol. The molecule has 4 heterocycles. The summed E-state index contributed by atoms with van der Waals surface area (Å²) in [6, 6.07) is 6.70. The number of aryl methyl sites for hydroxylation is 1. The number of amides is 1. The number of carbonyl (C=O) groups excluding carboxylic acids is 1. The van der Waals surface area contributed by atoms with Crippen molar-refractivity contribution in [2.45, 2.75) is 44.1 Å². The number of ether oxygens (including phenoxy) is 1. The normalized spacial score (nSPS) is 18.0. The average molecular weight is 566 g/mol. The fourth-order valence-electron chi connectivity index (χ4n) is 5.57. The van der Waals surface area contributed by atoms with E-state index in [4.69, 9.17) is 11.6 Å². The van der Waals surface area contributed by atoms with E-state index in [0.717, 1.165) is 38.1 Å². The summed E-state index contributed by atoms with van der Waals surface area (Å²) in [6.45, 7) is 2.54. The number of rotatable bonds is 4. The van der Waals surface area contributed by atoms with E-state index in [0.29, 0.717) is 47.7 Å². The molecule has 2 saturated heterocycles. The second-order valence-electron chi connectivity index (χ2n) is 9.90. The first kappa shape index (κ1) is 27.2. The summed E-state index contributed by atoms with van der Waals surface area (Å²) in [5.74, 6) is -0.595. The molecule has 9 nitrogen and oxygen atoms in total. The lowest BCUT2D eigenvalue weighted by Crippen LogP contribution is -2.50. The van der Waals surface area contributed by atoms with Crippen LogP contribution in [-0.2, 0) is 7.05 Å². The summed E-state index contributed by atoms with van der Waals surface area (Å²) >= 11 is 6.08. The second-order valence-corrected chi connectivity index (χ2v) is 10.3. The Morgan fingerprint density at radius 1 is 0.974 bits per heavy atom. The Kier molecular flexibility index (Phi) is 7.43. The third kappa shape index (κ3) is 5.67. The summed E-state index contributed by atoms with van der Waals surface area (Å²) in [6.07, 6.45) is -0.425. The molecule has 0 aliphatic carbocycles. The number of aromatic nitrogens is 3. The summed E-state index contributed by atoms with van der Waals surface area (Å²) in [5, 5.41) is 0.384. The zero-order chi connectivity index (χ0) is 27.9. The Balaban J connectivity index is 1.19. The van der Waals surface area contributed by atoms with Crippen LogP contribution in [0.1, 0.15) is 42.1 Å². The van der Waals surface area contributed by atoms with Crippen LogP contribution in [0.5, 0.6) is 5.75 Å². The third-order valence-corrected chi connectivity index (χ3v) is 7.78. The van der Waals surface area contributed by atoms with Gasteiger partial charge in [0, 0.05) is 57.1 Å². The van der Waals surface area contributed by atoms with Gasteiger partial charge >= 0.3 is 17.5 Å². The topological polar surface area (TPSA) is 89.7 Å². The number of alkyl halides is 3. The van der Waals surface area contributed by atoms with Gasteiger partial charge in [0.15, 0.2) is 5.65 Å². The number of carbonyl (C=O) groups is 1. The van der Waals surface area contributed by atoms with Crippen LogP contribution in [0.3, 0.4) is 0 Å². The molecule has 2 aliphatic heterocycles. The molecule has 0 spiro atoms. The molecule has 0 N–H and O–H groups in total. The molecule has 0 unspecified atom stereocenters.